The van der Waals surface area contributed by atoms with Crippen molar-refractivity contribution < 1.29 is 4.79 Å². The van der Waals surface area contributed by atoms with E-state index in [0.29, 0.717) is 6.04 Å². The maximum absolute atomic E-state index is 12.3. The van der Waals surface area contributed by atoms with Crippen LogP contribution >= 0.6 is 0 Å². The zero-order valence-corrected chi connectivity index (χ0v) is 11.6. The van der Waals surface area contributed by atoms with Gasteiger partial charge in [0.1, 0.15) is 0 Å². The van der Waals surface area contributed by atoms with E-state index in [2.05, 4.69) is 31.4 Å². The summed E-state index contributed by atoms with van der Waals surface area (Å²) in [6.07, 6.45) is 6.75. The van der Waals surface area contributed by atoms with Crippen LogP contribution in [0, 0.1) is 5.41 Å². The third kappa shape index (κ3) is 3.98. The molecule has 1 fully saturated rings. The van der Waals surface area contributed by atoms with Gasteiger partial charge in [0.2, 0.25) is 5.91 Å². The van der Waals surface area contributed by atoms with Crippen molar-refractivity contribution in [1.29, 1.82) is 0 Å². The minimum atomic E-state index is -0.140. The smallest absolute Gasteiger partial charge is 0.227 e. The number of hydrogen-bond acceptors (Lipinski definition) is 2. The van der Waals surface area contributed by atoms with Crippen LogP contribution in [0.25, 0.3) is 0 Å². The van der Waals surface area contributed by atoms with Gasteiger partial charge in [0.15, 0.2) is 0 Å². The molecule has 0 radical (unpaired) electrons. The van der Waals surface area contributed by atoms with Gasteiger partial charge in [-0.15, -0.1) is 0 Å². The normalized spacial score (nSPS) is 25.8. The molecule has 0 spiro atoms. The summed E-state index contributed by atoms with van der Waals surface area (Å²) in [6.45, 7) is 8.27. The molecule has 0 saturated carbocycles. The van der Waals surface area contributed by atoms with E-state index in [4.69, 9.17) is 0 Å². The first-order valence-corrected chi connectivity index (χ1v) is 7.16. The molecule has 0 aliphatic carbocycles. The predicted molar refractivity (Wildman–Crippen MR) is 72.0 cm³/mol. The lowest BCUT2D eigenvalue weighted by Crippen LogP contribution is -2.45. The van der Waals surface area contributed by atoms with Gasteiger partial charge in [-0.2, -0.15) is 0 Å². The molecular formula is C14H28N2O. The van der Waals surface area contributed by atoms with Crippen LogP contribution in [0.15, 0.2) is 0 Å². The van der Waals surface area contributed by atoms with Crippen molar-refractivity contribution in [3.8, 4) is 0 Å². The van der Waals surface area contributed by atoms with Crippen molar-refractivity contribution in [2.75, 3.05) is 13.1 Å². The van der Waals surface area contributed by atoms with Crippen molar-refractivity contribution >= 4 is 5.91 Å². The van der Waals surface area contributed by atoms with Crippen LogP contribution in [0.5, 0.6) is 0 Å². The lowest BCUT2D eigenvalue weighted by atomic mass is 9.83. The summed E-state index contributed by atoms with van der Waals surface area (Å²) in [5, 5.41) is 6.50. The van der Waals surface area contributed by atoms with Crippen molar-refractivity contribution in [1.82, 2.24) is 10.6 Å². The monoisotopic (exact) mass is 240 g/mol. The molecule has 1 aliphatic heterocycles. The maximum Gasteiger partial charge on any atom is 0.227 e. The highest BCUT2D eigenvalue weighted by Crippen LogP contribution is 2.29. The Morgan fingerprint density at radius 2 is 2.18 bits per heavy atom. The van der Waals surface area contributed by atoms with E-state index in [0.717, 1.165) is 32.4 Å². The van der Waals surface area contributed by atoms with Crippen molar-refractivity contribution in [3.05, 3.63) is 0 Å². The number of unbranched alkanes of at least 4 members (excludes halogenated alkanes) is 2. The zero-order chi connectivity index (χ0) is 12.7. The molecule has 2 unspecified atom stereocenters. The molecule has 3 nitrogen and oxygen atoms in total. The molecule has 1 heterocycles. The molecule has 0 bridgehead atoms. The molecule has 1 amide bonds. The zero-order valence-electron chi connectivity index (χ0n) is 11.6. The number of rotatable bonds is 7. The topological polar surface area (TPSA) is 41.1 Å². The third-order valence-electron chi connectivity index (χ3n) is 4.02. The van der Waals surface area contributed by atoms with E-state index in [1.165, 1.54) is 19.3 Å². The van der Waals surface area contributed by atoms with E-state index in [1.54, 1.807) is 0 Å². The van der Waals surface area contributed by atoms with Crippen LogP contribution in [0.3, 0.4) is 0 Å². The molecule has 0 aromatic rings. The van der Waals surface area contributed by atoms with Gasteiger partial charge in [-0.1, -0.05) is 33.1 Å². The average molecular weight is 240 g/mol. The molecule has 100 valence electrons. The van der Waals surface area contributed by atoms with Crippen molar-refractivity contribution in [2.24, 2.45) is 5.41 Å². The first kappa shape index (κ1) is 14.5. The van der Waals surface area contributed by atoms with Crippen LogP contribution in [0.4, 0.5) is 0 Å². The second-order valence-corrected chi connectivity index (χ2v) is 5.43. The minimum Gasteiger partial charge on any atom is -0.353 e. The molecule has 1 aliphatic rings. The molecular weight excluding hydrogens is 212 g/mol. The van der Waals surface area contributed by atoms with Crippen molar-refractivity contribution in [3.63, 3.8) is 0 Å². The van der Waals surface area contributed by atoms with Crippen LogP contribution < -0.4 is 10.6 Å². The minimum absolute atomic E-state index is 0.140. The molecule has 3 heteroatoms. The highest BCUT2D eigenvalue weighted by molar-refractivity contribution is 5.83. The number of hydrogen-bond donors (Lipinski definition) is 2. The Kier molecular flexibility index (Phi) is 5.96. The molecule has 1 saturated heterocycles. The second kappa shape index (κ2) is 7.00. The van der Waals surface area contributed by atoms with E-state index in [1.807, 2.05) is 0 Å². The van der Waals surface area contributed by atoms with Gasteiger partial charge < -0.3 is 10.6 Å². The predicted octanol–water partition coefficient (Wildman–Crippen LogP) is 2.46. The standard InChI is InChI=1S/C14H28N2O/c1-4-6-7-8-12(3)16-13(17)14(5-2)9-10-15-11-14/h12,15H,4-11H2,1-3H3,(H,16,17). The van der Waals surface area contributed by atoms with E-state index in [-0.39, 0.29) is 11.3 Å². The van der Waals surface area contributed by atoms with Gasteiger partial charge in [0, 0.05) is 12.6 Å². The van der Waals surface area contributed by atoms with Gasteiger partial charge in [0.25, 0.3) is 0 Å². The largest absolute Gasteiger partial charge is 0.353 e. The SMILES string of the molecule is CCCCCC(C)NC(=O)C1(CC)CCNC1. The number of nitrogens with one attached hydrogen (secondary N) is 2. The number of carbonyl (C=O) groups is 1. The van der Waals surface area contributed by atoms with Crippen LogP contribution in [0.1, 0.15) is 59.3 Å². The van der Waals surface area contributed by atoms with Gasteiger partial charge in [-0.25, -0.2) is 0 Å². The quantitative estimate of drug-likeness (QED) is 0.671. The summed E-state index contributed by atoms with van der Waals surface area (Å²) >= 11 is 0. The lowest BCUT2D eigenvalue weighted by molar-refractivity contribution is -0.131. The molecule has 1 rings (SSSR count). The van der Waals surface area contributed by atoms with E-state index >= 15 is 0 Å². The van der Waals surface area contributed by atoms with Gasteiger partial charge >= 0.3 is 0 Å². The fourth-order valence-electron chi connectivity index (χ4n) is 2.55. The fourth-order valence-corrected chi connectivity index (χ4v) is 2.55. The Morgan fingerprint density at radius 1 is 1.41 bits per heavy atom. The number of carbonyl (C=O) groups excluding carboxylic acids is 1. The maximum atomic E-state index is 12.3. The van der Waals surface area contributed by atoms with Gasteiger partial charge in [0.05, 0.1) is 5.41 Å². The molecule has 17 heavy (non-hydrogen) atoms. The van der Waals surface area contributed by atoms with Crippen molar-refractivity contribution in [2.45, 2.75) is 65.3 Å². The molecule has 0 aromatic heterocycles. The van der Waals surface area contributed by atoms with Crippen LogP contribution in [-0.4, -0.2) is 25.0 Å². The Labute approximate surface area is 106 Å². The summed E-state index contributed by atoms with van der Waals surface area (Å²) in [5.74, 6) is 0.258. The molecule has 2 N–H and O–H groups in total. The van der Waals surface area contributed by atoms with Gasteiger partial charge in [-0.3, -0.25) is 4.79 Å². The highest BCUT2D eigenvalue weighted by atomic mass is 16.2. The van der Waals surface area contributed by atoms with E-state index < -0.39 is 0 Å². The Bertz CT molecular complexity index is 234. The number of amides is 1. The molecule has 2 atom stereocenters. The summed E-state index contributed by atoms with van der Waals surface area (Å²) in [6, 6.07) is 0.318. The Balaban J connectivity index is 2.36. The molecule has 0 aromatic carbocycles. The summed E-state index contributed by atoms with van der Waals surface area (Å²) in [5.41, 5.74) is -0.140. The summed E-state index contributed by atoms with van der Waals surface area (Å²) in [4.78, 5) is 12.3. The summed E-state index contributed by atoms with van der Waals surface area (Å²) in [7, 11) is 0. The van der Waals surface area contributed by atoms with Crippen LogP contribution in [0.2, 0.25) is 0 Å². The fraction of sp³-hybridized carbons (Fsp3) is 0.929. The third-order valence-corrected chi connectivity index (χ3v) is 4.02. The Morgan fingerprint density at radius 3 is 2.71 bits per heavy atom. The summed E-state index contributed by atoms with van der Waals surface area (Å²) < 4.78 is 0. The first-order chi connectivity index (χ1) is 8.14. The van der Waals surface area contributed by atoms with E-state index in [9.17, 15) is 4.79 Å². The highest BCUT2D eigenvalue weighted by Gasteiger charge is 2.39. The average Bonchev–Trinajstić information content (AvgIpc) is 2.79. The van der Waals surface area contributed by atoms with Crippen LogP contribution in [-0.2, 0) is 4.79 Å². The first-order valence-electron chi connectivity index (χ1n) is 7.16. The Hall–Kier alpha value is -0.570. The lowest BCUT2D eigenvalue weighted by Gasteiger charge is -2.27. The second-order valence-electron chi connectivity index (χ2n) is 5.43. The van der Waals surface area contributed by atoms with Gasteiger partial charge in [-0.05, 0) is 32.7 Å².